The van der Waals surface area contributed by atoms with Gasteiger partial charge in [-0.15, -0.1) is 0 Å². The molecule has 7 aromatic rings. The molecule has 186 valence electrons. The smallest absolute Gasteiger partial charge is 0.0568 e. The zero-order valence-electron chi connectivity index (χ0n) is 21.8. The van der Waals surface area contributed by atoms with Crippen molar-refractivity contribution in [2.75, 3.05) is 4.90 Å². The van der Waals surface area contributed by atoms with Gasteiger partial charge < -0.3 is 9.47 Å². The second kappa shape index (κ2) is 9.66. The van der Waals surface area contributed by atoms with Gasteiger partial charge >= 0.3 is 0 Å². The predicted octanol–water partition coefficient (Wildman–Crippen LogP) is 10.1. The molecule has 0 aliphatic rings. The van der Waals surface area contributed by atoms with E-state index in [0.717, 1.165) is 17.1 Å². The van der Waals surface area contributed by atoms with Crippen LogP contribution >= 0.6 is 0 Å². The fourth-order valence-electron chi connectivity index (χ4n) is 5.72. The number of aromatic nitrogens is 1. The molecular weight excluding hydrogens is 472 g/mol. The predicted molar refractivity (Wildman–Crippen MR) is 166 cm³/mol. The van der Waals surface area contributed by atoms with Crippen molar-refractivity contribution in [1.82, 2.24) is 4.57 Å². The summed E-state index contributed by atoms with van der Waals surface area (Å²) in [5.41, 5.74) is 10.9. The lowest BCUT2D eigenvalue weighted by molar-refractivity contribution is 1.02. The first-order valence-electron chi connectivity index (χ1n) is 13.4. The van der Waals surface area contributed by atoms with Crippen molar-refractivity contribution in [2.45, 2.75) is 0 Å². The second-order valence-electron chi connectivity index (χ2n) is 9.91. The highest BCUT2D eigenvalue weighted by Crippen LogP contribution is 2.37. The first-order chi connectivity index (χ1) is 19.3. The zero-order chi connectivity index (χ0) is 26.2. The van der Waals surface area contributed by atoms with E-state index in [4.69, 9.17) is 0 Å². The Bertz CT molecular complexity index is 1840. The molecule has 6 aromatic carbocycles. The summed E-state index contributed by atoms with van der Waals surface area (Å²) in [4.78, 5) is 2.29. The Morgan fingerprint density at radius 3 is 1.54 bits per heavy atom. The van der Waals surface area contributed by atoms with E-state index in [2.05, 4.69) is 168 Å². The van der Waals surface area contributed by atoms with Crippen LogP contribution in [0.3, 0.4) is 0 Å². The number of nitrogens with zero attached hydrogens (tertiary/aromatic N) is 2. The normalized spacial score (nSPS) is 11.2. The van der Waals surface area contributed by atoms with Crippen molar-refractivity contribution in [3.63, 3.8) is 0 Å². The highest BCUT2D eigenvalue weighted by atomic mass is 15.1. The molecule has 1 aromatic heterocycles. The number of hydrogen-bond acceptors (Lipinski definition) is 1. The summed E-state index contributed by atoms with van der Waals surface area (Å²) in [6.45, 7) is 0. The van der Waals surface area contributed by atoms with Gasteiger partial charge in [0.05, 0.1) is 5.52 Å². The molecule has 2 heteroatoms. The topological polar surface area (TPSA) is 8.17 Å². The van der Waals surface area contributed by atoms with Gasteiger partial charge in [-0.05, 0) is 59.2 Å². The lowest BCUT2D eigenvalue weighted by Crippen LogP contribution is -2.09. The van der Waals surface area contributed by atoms with Crippen LogP contribution in [-0.2, 0) is 7.05 Å². The number of benzene rings is 6. The van der Waals surface area contributed by atoms with E-state index >= 15 is 0 Å². The Morgan fingerprint density at radius 2 is 0.897 bits per heavy atom. The summed E-state index contributed by atoms with van der Waals surface area (Å²) in [5.74, 6) is 0. The van der Waals surface area contributed by atoms with Gasteiger partial charge in [0.1, 0.15) is 0 Å². The molecule has 0 fully saturated rings. The molecule has 0 radical (unpaired) electrons. The highest BCUT2D eigenvalue weighted by molar-refractivity contribution is 6.12. The van der Waals surface area contributed by atoms with Gasteiger partial charge in [-0.25, -0.2) is 0 Å². The van der Waals surface area contributed by atoms with Crippen LogP contribution in [0.5, 0.6) is 0 Å². The summed E-state index contributed by atoms with van der Waals surface area (Å²) >= 11 is 0. The Labute approximate surface area is 229 Å². The summed E-state index contributed by atoms with van der Waals surface area (Å²) in [6, 6.07) is 54.1. The van der Waals surface area contributed by atoms with Crippen LogP contribution in [0.4, 0.5) is 17.1 Å². The van der Waals surface area contributed by atoms with Gasteiger partial charge in [-0.2, -0.15) is 0 Å². The number of rotatable bonds is 5. The molecule has 0 N–H and O–H groups in total. The fourth-order valence-corrected chi connectivity index (χ4v) is 5.72. The van der Waals surface area contributed by atoms with Gasteiger partial charge in [0.25, 0.3) is 0 Å². The standard InChI is InChI=1S/C37H28N2/c1-38-36-18-9-8-15-34(36)35-17-10-16-33(37(35)38)29-21-19-27(20-22-29)28-23-25-32(26-24-28)39(30-11-4-2-5-12-30)31-13-6-3-7-14-31/h2-26H,1H3. The van der Waals surface area contributed by atoms with E-state index in [0.29, 0.717) is 0 Å². The largest absolute Gasteiger partial charge is 0.343 e. The van der Waals surface area contributed by atoms with Crippen molar-refractivity contribution in [2.24, 2.45) is 7.05 Å². The third-order valence-corrected chi connectivity index (χ3v) is 7.61. The zero-order valence-corrected chi connectivity index (χ0v) is 21.8. The number of para-hydroxylation sites is 4. The lowest BCUT2D eigenvalue weighted by Gasteiger charge is -2.25. The number of hydrogen-bond donors (Lipinski definition) is 0. The second-order valence-corrected chi connectivity index (χ2v) is 9.91. The molecular formula is C37H28N2. The van der Waals surface area contributed by atoms with Crippen LogP contribution in [0.15, 0.2) is 152 Å². The number of anilines is 3. The highest BCUT2D eigenvalue weighted by Gasteiger charge is 2.14. The Balaban J connectivity index is 1.23. The van der Waals surface area contributed by atoms with E-state index in [1.54, 1.807) is 0 Å². The minimum Gasteiger partial charge on any atom is -0.343 e. The van der Waals surface area contributed by atoms with Gasteiger partial charge in [0.15, 0.2) is 0 Å². The third-order valence-electron chi connectivity index (χ3n) is 7.61. The Morgan fingerprint density at radius 1 is 0.410 bits per heavy atom. The molecule has 39 heavy (non-hydrogen) atoms. The SMILES string of the molecule is Cn1c2ccccc2c2cccc(-c3ccc(-c4ccc(N(c5ccccc5)c5ccccc5)cc4)cc3)c21. The summed E-state index contributed by atoms with van der Waals surface area (Å²) in [6.07, 6.45) is 0. The molecule has 0 bridgehead atoms. The van der Waals surface area contributed by atoms with Gasteiger partial charge in [-0.3, -0.25) is 0 Å². The minimum atomic E-state index is 1.13. The van der Waals surface area contributed by atoms with E-state index in [-0.39, 0.29) is 0 Å². The third kappa shape index (κ3) is 4.07. The van der Waals surface area contributed by atoms with Crippen molar-refractivity contribution < 1.29 is 0 Å². The quantitative estimate of drug-likeness (QED) is 0.228. The molecule has 0 aliphatic heterocycles. The minimum absolute atomic E-state index is 1.13. The van der Waals surface area contributed by atoms with Gasteiger partial charge in [0, 0.05) is 46.0 Å². The summed E-state index contributed by atoms with van der Waals surface area (Å²) in [5, 5.41) is 2.60. The van der Waals surface area contributed by atoms with E-state index in [1.807, 2.05) is 0 Å². The van der Waals surface area contributed by atoms with Crippen LogP contribution < -0.4 is 4.90 Å². The fraction of sp³-hybridized carbons (Fsp3) is 0.0270. The molecule has 7 rings (SSSR count). The number of aryl methyl sites for hydroxylation is 1. The van der Waals surface area contributed by atoms with Crippen molar-refractivity contribution in [3.8, 4) is 22.3 Å². The molecule has 0 atom stereocenters. The van der Waals surface area contributed by atoms with E-state index < -0.39 is 0 Å². The van der Waals surface area contributed by atoms with Crippen LogP contribution in [-0.4, -0.2) is 4.57 Å². The number of fused-ring (bicyclic) bond motifs is 3. The van der Waals surface area contributed by atoms with Crippen LogP contribution in [0.1, 0.15) is 0 Å². The molecule has 0 amide bonds. The molecule has 0 saturated heterocycles. The van der Waals surface area contributed by atoms with Gasteiger partial charge in [-0.1, -0.05) is 109 Å². The summed E-state index contributed by atoms with van der Waals surface area (Å²) < 4.78 is 2.32. The Hall–Kier alpha value is -5.08. The molecule has 0 spiro atoms. The average molecular weight is 501 g/mol. The molecule has 0 aliphatic carbocycles. The van der Waals surface area contributed by atoms with Crippen LogP contribution in [0.2, 0.25) is 0 Å². The van der Waals surface area contributed by atoms with Crippen molar-refractivity contribution in [3.05, 3.63) is 152 Å². The van der Waals surface area contributed by atoms with Crippen LogP contribution in [0.25, 0.3) is 44.1 Å². The first kappa shape index (κ1) is 23.1. The molecule has 2 nitrogen and oxygen atoms in total. The van der Waals surface area contributed by atoms with E-state index in [1.165, 1.54) is 44.1 Å². The molecule has 1 heterocycles. The Kier molecular flexibility index (Phi) is 5.71. The molecule has 0 saturated carbocycles. The van der Waals surface area contributed by atoms with Crippen molar-refractivity contribution >= 4 is 38.9 Å². The van der Waals surface area contributed by atoms with Gasteiger partial charge in [0.2, 0.25) is 0 Å². The van der Waals surface area contributed by atoms with Crippen molar-refractivity contribution in [1.29, 1.82) is 0 Å². The molecule has 0 unspecified atom stereocenters. The maximum Gasteiger partial charge on any atom is 0.0568 e. The first-order valence-corrected chi connectivity index (χ1v) is 13.4. The summed E-state index contributed by atoms with van der Waals surface area (Å²) in [7, 11) is 2.16. The average Bonchev–Trinajstić information content (AvgIpc) is 3.31. The maximum atomic E-state index is 2.32. The monoisotopic (exact) mass is 500 g/mol. The lowest BCUT2D eigenvalue weighted by atomic mass is 9.98. The van der Waals surface area contributed by atoms with Crippen LogP contribution in [0, 0.1) is 0 Å². The van der Waals surface area contributed by atoms with E-state index in [9.17, 15) is 0 Å². The maximum absolute atomic E-state index is 2.32.